The van der Waals surface area contributed by atoms with Crippen molar-refractivity contribution in [3.8, 4) is 11.5 Å². The lowest BCUT2D eigenvalue weighted by Crippen LogP contribution is -2.16. The number of benzene rings is 2. The first-order chi connectivity index (χ1) is 14.7. The number of hydrogen-bond acceptors (Lipinski definition) is 8. The monoisotopic (exact) mass is 448 g/mol. The van der Waals surface area contributed by atoms with E-state index in [9.17, 15) is 28.2 Å². The number of sulfone groups is 1. The predicted molar refractivity (Wildman–Crippen MR) is 110 cm³/mol. The third kappa shape index (κ3) is 4.23. The van der Waals surface area contributed by atoms with Crippen LogP contribution in [-0.2, 0) is 32.2 Å². The molecule has 31 heavy (non-hydrogen) atoms. The van der Waals surface area contributed by atoms with Crippen molar-refractivity contribution in [1.29, 1.82) is 0 Å². The van der Waals surface area contributed by atoms with E-state index in [2.05, 4.69) is 0 Å². The Morgan fingerprint density at radius 1 is 0.935 bits per heavy atom. The van der Waals surface area contributed by atoms with E-state index in [1.807, 2.05) is 0 Å². The van der Waals surface area contributed by atoms with Crippen LogP contribution in [0.4, 0.5) is 0 Å². The summed E-state index contributed by atoms with van der Waals surface area (Å²) in [5, 5.41) is 21.2. The number of rotatable bonds is 6. The second kappa shape index (κ2) is 8.97. The molecule has 0 aliphatic heterocycles. The minimum Gasteiger partial charge on any atom is -0.507 e. The lowest BCUT2D eigenvalue weighted by Gasteiger charge is -2.19. The van der Waals surface area contributed by atoms with Gasteiger partial charge in [0.25, 0.3) is 0 Å². The highest BCUT2D eigenvalue weighted by molar-refractivity contribution is 7.91. The highest BCUT2D eigenvalue weighted by atomic mass is 32.2. The number of hydrogen-bond donors (Lipinski definition) is 2. The highest BCUT2D eigenvalue weighted by Crippen LogP contribution is 2.41. The quantitative estimate of drug-likeness (QED) is 0.510. The van der Waals surface area contributed by atoms with E-state index in [0.717, 1.165) is 36.5 Å². The van der Waals surface area contributed by atoms with Gasteiger partial charge in [0.1, 0.15) is 27.5 Å². The first-order valence-corrected chi connectivity index (χ1v) is 11.5. The van der Waals surface area contributed by atoms with Crippen LogP contribution in [0, 0.1) is 0 Å². The van der Waals surface area contributed by atoms with Gasteiger partial charge in [-0.15, -0.1) is 0 Å². The number of aromatic hydroxyl groups is 2. The molecule has 1 aliphatic rings. The van der Waals surface area contributed by atoms with Crippen molar-refractivity contribution in [2.24, 2.45) is 0 Å². The molecule has 0 unspecified atom stereocenters. The zero-order chi connectivity index (χ0) is 22.8. The van der Waals surface area contributed by atoms with E-state index in [-0.39, 0.29) is 18.1 Å². The lowest BCUT2D eigenvalue weighted by atomic mass is 9.92. The van der Waals surface area contributed by atoms with Crippen molar-refractivity contribution >= 4 is 21.8 Å². The van der Waals surface area contributed by atoms with Gasteiger partial charge in [0.05, 0.1) is 18.1 Å². The number of esters is 2. The van der Waals surface area contributed by atoms with Crippen LogP contribution < -0.4 is 0 Å². The molecule has 0 atom stereocenters. The Morgan fingerprint density at radius 2 is 1.55 bits per heavy atom. The summed E-state index contributed by atoms with van der Waals surface area (Å²) < 4.78 is 36.8. The summed E-state index contributed by atoms with van der Waals surface area (Å²) in [5.74, 6) is -3.96. The number of fused-ring (bicyclic) bond motifs is 1. The summed E-state index contributed by atoms with van der Waals surface area (Å²) in [4.78, 5) is 23.7. The van der Waals surface area contributed by atoms with E-state index in [1.54, 1.807) is 6.07 Å². The molecule has 0 amide bonds. The Balaban J connectivity index is 2.28. The van der Waals surface area contributed by atoms with Gasteiger partial charge in [0.2, 0.25) is 9.84 Å². The summed E-state index contributed by atoms with van der Waals surface area (Å²) >= 11 is 0. The van der Waals surface area contributed by atoms with Gasteiger partial charge in [-0.1, -0.05) is 6.07 Å². The van der Waals surface area contributed by atoms with Crippen molar-refractivity contribution < 1.29 is 37.7 Å². The molecule has 2 aromatic carbocycles. The molecular formula is C22H24O8S. The molecule has 0 bridgehead atoms. The van der Waals surface area contributed by atoms with Gasteiger partial charge in [-0.25, -0.2) is 18.0 Å². The fourth-order valence-corrected chi connectivity index (χ4v) is 5.26. The van der Waals surface area contributed by atoms with Gasteiger partial charge in [0, 0.05) is 0 Å². The average molecular weight is 448 g/mol. The van der Waals surface area contributed by atoms with Gasteiger partial charge in [-0.05, 0) is 68.9 Å². The summed E-state index contributed by atoms with van der Waals surface area (Å²) in [5.41, 5.74) is 0.618. The minimum absolute atomic E-state index is 0.0361. The Bertz CT molecular complexity index is 1130. The Kier molecular flexibility index (Phi) is 6.54. The molecule has 3 rings (SSSR count). The second-order valence-electron chi connectivity index (χ2n) is 7.08. The molecule has 2 N–H and O–H groups in total. The zero-order valence-corrected chi connectivity index (χ0v) is 18.1. The molecule has 1 aliphatic carbocycles. The fraction of sp³-hybridized carbons (Fsp3) is 0.364. The molecule has 0 spiro atoms. The van der Waals surface area contributed by atoms with E-state index in [4.69, 9.17) is 9.47 Å². The van der Waals surface area contributed by atoms with Crippen LogP contribution in [0.3, 0.4) is 0 Å². The first-order valence-electron chi connectivity index (χ1n) is 10.0. The average Bonchev–Trinajstić information content (AvgIpc) is 2.74. The van der Waals surface area contributed by atoms with Crippen molar-refractivity contribution in [3.63, 3.8) is 0 Å². The SMILES string of the molecule is CCOC(=O)c1cc(O)c(C(=O)OCC)c(S(=O)(=O)c2ccc3c(c2)CCCC3)c1O. The van der Waals surface area contributed by atoms with Crippen molar-refractivity contribution in [2.75, 3.05) is 13.2 Å². The summed E-state index contributed by atoms with van der Waals surface area (Å²) in [6.45, 7) is 2.93. The number of ether oxygens (including phenoxy) is 2. The van der Waals surface area contributed by atoms with E-state index in [1.165, 1.54) is 26.0 Å². The molecule has 0 fully saturated rings. The number of aryl methyl sites for hydroxylation is 2. The van der Waals surface area contributed by atoms with Crippen molar-refractivity contribution in [1.82, 2.24) is 0 Å². The van der Waals surface area contributed by atoms with Gasteiger partial charge in [-0.3, -0.25) is 0 Å². The molecule has 0 radical (unpaired) electrons. The molecule has 9 heteroatoms. The van der Waals surface area contributed by atoms with Crippen molar-refractivity contribution in [3.05, 3.63) is 46.5 Å². The van der Waals surface area contributed by atoms with Crippen LogP contribution in [0.1, 0.15) is 58.5 Å². The number of phenolic OH excluding ortho intramolecular Hbond substituents is 2. The third-order valence-corrected chi connectivity index (χ3v) is 6.92. The van der Waals surface area contributed by atoms with Gasteiger partial charge >= 0.3 is 11.9 Å². The summed E-state index contributed by atoms with van der Waals surface area (Å²) in [6, 6.07) is 5.40. The maximum atomic E-state index is 13.5. The summed E-state index contributed by atoms with van der Waals surface area (Å²) in [6.07, 6.45) is 3.49. The van der Waals surface area contributed by atoms with E-state index < -0.39 is 49.3 Å². The Morgan fingerprint density at radius 3 is 2.19 bits per heavy atom. The van der Waals surface area contributed by atoms with Crippen LogP contribution in [0.25, 0.3) is 0 Å². The molecule has 0 aromatic heterocycles. The Hall–Kier alpha value is -3.07. The van der Waals surface area contributed by atoms with E-state index in [0.29, 0.717) is 6.42 Å². The van der Waals surface area contributed by atoms with Crippen LogP contribution >= 0.6 is 0 Å². The molecule has 0 heterocycles. The van der Waals surface area contributed by atoms with Gasteiger partial charge in [0.15, 0.2) is 0 Å². The molecule has 8 nitrogen and oxygen atoms in total. The molecule has 0 saturated carbocycles. The van der Waals surface area contributed by atoms with Crippen LogP contribution in [0.2, 0.25) is 0 Å². The molecule has 2 aromatic rings. The minimum atomic E-state index is -4.51. The predicted octanol–water partition coefficient (Wildman–Crippen LogP) is 3.16. The number of phenols is 2. The number of carbonyl (C=O) groups is 2. The molecule has 0 saturated heterocycles. The van der Waals surface area contributed by atoms with Gasteiger partial charge < -0.3 is 19.7 Å². The third-order valence-electron chi connectivity index (χ3n) is 5.11. The standard InChI is InChI=1S/C22H24O8S/c1-3-29-21(25)16-12-17(23)18(22(26)30-4-2)20(19(16)24)31(27,28)15-10-9-13-7-5-6-8-14(13)11-15/h9-12,23-24H,3-8H2,1-2H3. The first kappa shape index (κ1) is 22.6. The highest BCUT2D eigenvalue weighted by Gasteiger charge is 2.35. The largest absolute Gasteiger partial charge is 0.507 e. The summed E-state index contributed by atoms with van der Waals surface area (Å²) in [7, 11) is -4.51. The smallest absolute Gasteiger partial charge is 0.343 e. The maximum absolute atomic E-state index is 13.5. The maximum Gasteiger partial charge on any atom is 0.343 e. The zero-order valence-electron chi connectivity index (χ0n) is 17.3. The van der Waals surface area contributed by atoms with E-state index >= 15 is 0 Å². The fourth-order valence-electron chi connectivity index (χ4n) is 3.66. The van der Waals surface area contributed by atoms with Crippen LogP contribution in [-0.4, -0.2) is 43.8 Å². The van der Waals surface area contributed by atoms with Crippen molar-refractivity contribution in [2.45, 2.75) is 49.3 Å². The van der Waals surface area contributed by atoms with Gasteiger partial charge in [-0.2, -0.15) is 0 Å². The normalized spacial score (nSPS) is 13.4. The Labute approximate surface area is 180 Å². The molecule has 166 valence electrons. The number of carbonyl (C=O) groups excluding carboxylic acids is 2. The lowest BCUT2D eigenvalue weighted by molar-refractivity contribution is 0.0500. The van der Waals surface area contributed by atoms with Crippen LogP contribution in [0.15, 0.2) is 34.1 Å². The molecular weight excluding hydrogens is 424 g/mol. The van der Waals surface area contributed by atoms with Crippen LogP contribution in [0.5, 0.6) is 11.5 Å². The topological polar surface area (TPSA) is 127 Å². The second-order valence-corrected chi connectivity index (χ2v) is 8.96.